The van der Waals surface area contributed by atoms with Gasteiger partial charge in [0.2, 0.25) is 0 Å². The summed E-state index contributed by atoms with van der Waals surface area (Å²) in [6.07, 6.45) is 5.54. The lowest BCUT2D eigenvalue weighted by Gasteiger charge is -2.44. The summed E-state index contributed by atoms with van der Waals surface area (Å²) in [4.78, 5) is 7.62. The van der Waals surface area contributed by atoms with Gasteiger partial charge < -0.3 is 10.2 Å². The molecule has 2 fully saturated rings. The maximum atomic E-state index is 3.58. The molecular formula is C15H32N4. The van der Waals surface area contributed by atoms with Gasteiger partial charge in [-0.1, -0.05) is 6.42 Å². The average molecular weight is 268 g/mol. The van der Waals surface area contributed by atoms with Crippen molar-refractivity contribution in [3.8, 4) is 0 Å². The Hall–Kier alpha value is -0.160. The number of fused-ring (bicyclic) bond motifs is 1. The smallest absolute Gasteiger partial charge is 0.0223 e. The molecule has 0 aromatic rings. The van der Waals surface area contributed by atoms with E-state index in [0.29, 0.717) is 0 Å². The summed E-state index contributed by atoms with van der Waals surface area (Å²) < 4.78 is 0. The van der Waals surface area contributed by atoms with Crippen molar-refractivity contribution in [2.75, 3.05) is 66.5 Å². The zero-order valence-corrected chi connectivity index (χ0v) is 12.9. The molecule has 19 heavy (non-hydrogen) atoms. The molecule has 1 atom stereocenters. The summed E-state index contributed by atoms with van der Waals surface area (Å²) in [5, 5.41) is 3.58. The first kappa shape index (κ1) is 15.2. The molecule has 0 bridgehead atoms. The Labute approximate surface area is 119 Å². The third-order valence-corrected chi connectivity index (χ3v) is 4.49. The van der Waals surface area contributed by atoms with Gasteiger partial charge in [-0.3, -0.25) is 9.80 Å². The van der Waals surface area contributed by atoms with E-state index >= 15 is 0 Å². The van der Waals surface area contributed by atoms with Crippen LogP contribution in [0.5, 0.6) is 0 Å². The highest BCUT2D eigenvalue weighted by Crippen LogP contribution is 2.20. The summed E-state index contributed by atoms with van der Waals surface area (Å²) >= 11 is 0. The normalized spacial score (nSPS) is 25.7. The first-order chi connectivity index (χ1) is 9.25. The van der Waals surface area contributed by atoms with Crippen LogP contribution in [0.25, 0.3) is 0 Å². The van der Waals surface area contributed by atoms with Gasteiger partial charge in [0.25, 0.3) is 0 Å². The second-order valence-corrected chi connectivity index (χ2v) is 6.39. The number of hydrogen-bond acceptors (Lipinski definition) is 4. The molecule has 0 aliphatic carbocycles. The summed E-state index contributed by atoms with van der Waals surface area (Å²) in [6.45, 7) is 9.95. The second-order valence-electron chi connectivity index (χ2n) is 6.39. The summed E-state index contributed by atoms with van der Waals surface area (Å²) in [5.74, 6) is 0. The van der Waals surface area contributed by atoms with Gasteiger partial charge >= 0.3 is 0 Å². The largest absolute Gasteiger partial charge is 0.315 e. The van der Waals surface area contributed by atoms with Gasteiger partial charge in [0.1, 0.15) is 0 Å². The molecule has 0 amide bonds. The molecule has 2 aliphatic rings. The van der Waals surface area contributed by atoms with Crippen molar-refractivity contribution in [1.82, 2.24) is 20.0 Å². The molecule has 2 aliphatic heterocycles. The Balaban J connectivity index is 1.52. The lowest BCUT2D eigenvalue weighted by Crippen LogP contribution is -2.55. The monoisotopic (exact) mass is 268 g/mol. The first-order valence-electron chi connectivity index (χ1n) is 8.07. The van der Waals surface area contributed by atoms with Gasteiger partial charge in [-0.05, 0) is 53.0 Å². The van der Waals surface area contributed by atoms with Gasteiger partial charge in [0.05, 0.1) is 0 Å². The predicted molar refractivity (Wildman–Crippen MR) is 81.7 cm³/mol. The minimum Gasteiger partial charge on any atom is -0.315 e. The van der Waals surface area contributed by atoms with E-state index in [0.717, 1.165) is 19.1 Å². The molecule has 0 aromatic carbocycles. The Morgan fingerprint density at radius 1 is 1.11 bits per heavy atom. The van der Waals surface area contributed by atoms with Gasteiger partial charge in [-0.25, -0.2) is 0 Å². The van der Waals surface area contributed by atoms with Crippen LogP contribution >= 0.6 is 0 Å². The molecule has 0 radical (unpaired) electrons. The van der Waals surface area contributed by atoms with E-state index in [1.807, 2.05) is 0 Å². The highest BCUT2D eigenvalue weighted by Gasteiger charge is 2.28. The highest BCUT2D eigenvalue weighted by molar-refractivity contribution is 4.85. The first-order valence-corrected chi connectivity index (χ1v) is 8.07. The predicted octanol–water partition coefficient (Wildman–Crippen LogP) is 0.698. The third-order valence-electron chi connectivity index (χ3n) is 4.49. The quantitative estimate of drug-likeness (QED) is 0.686. The zero-order chi connectivity index (χ0) is 13.5. The Kier molecular flexibility index (Phi) is 6.57. The molecule has 2 rings (SSSR count). The Bertz CT molecular complexity index is 244. The van der Waals surface area contributed by atoms with E-state index in [-0.39, 0.29) is 0 Å². The molecule has 0 spiro atoms. The fourth-order valence-electron chi connectivity index (χ4n) is 3.31. The van der Waals surface area contributed by atoms with Crippen molar-refractivity contribution >= 4 is 0 Å². The molecular weight excluding hydrogens is 236 g/mol. The molecule has 0 aromatic heterocycles. The van der Waals surface area contributed by atoms with E-state index in [9.17, 15) is 0 Å². The van der Waals surface area contributed by atoms with Crippen molar-refractivity contribution in [3.05, 3.63) is 0 Å². The number of rotatable bonds is 7. The van der Waals surface area contributed by atoms with Crippen molar-refractivity contribution in [1.29, 1.82) is 0 Å². The van der Waals surface area contributed by atoms with Crippen LogP contribution in [-0.4, -0.2) is 87.2 Å². The number of piperidine rings is 1. The number of piperazine rings is 1. The van der Waals surface area contributed by atoms with Crippen LogP contribution in [0.1, 0.15) is 25.7 Å². The minimum atomic E-state index is 0.858. The van der Waals surface area contributed by atoms with Crippen LogP contribution in [0.15, 0.2) is 0 Å². The van der Waals surface area contributed by atoms with Crippen molar-refractivity contribution in [3.63, 3.8) is 0 Å². The molecule has 4 heteroatoms. The second kappa shape index (κ2) is 8.20. The maximum Gasteiger partial charge on any atom is 0.0223 e. The number of hydrogen-bond donors (Lipinski definition) is 1. The number of nitrogens with zero attached hydrogens (tertiary/aromatic N) is 3. The van der Waals surface area contributed by atoms with E-state index < -0.39 is 0 Å². The summed E-state index contributed by atoms with van der Waals surface area (Å²) in [7, 11) is 4.29. The van der Waals surface area contributed by atoms with Crippen LogP contribution < -0.4 is 5.32 Å². The van der Waals surface area contributed by atoms with Crippen molar-refractivity contribution < 1.29 is 0 Å². The van der Waals surface area contributed by atoms with E-state index in [1.165, 1.54) is 65.0 Å². The van der Waals surface area contributed by atoms with Crippen LogP contribution in [0.4, 0.5) is 0 Å². The maximum absolute atomic E-state index is 3.58. The topological polar surface area (TPSA) is 21.8 Å². The van der Waals surface area contributed by atoms with Gasteiger partial charge in [0, 0.05) is 38.8 Å². The molecule has 112 valence electrons. The standard InChI is InChI=1S/C15H32N4/c1-17(2)9-5-7-16-8-11-18-12-13-19-10-4-3-6-15(19)14-18/h15-16H,3-14H2,1-2H3. The number of nitrogens with one attached hydrogen (secondary N) is 1. The lowest BCUT2D eigenvalue weighted by molar-refractivity contribution is 0.0500. The molecule has 2 saturated heterocycles. The highest BCUT2D eigenvalue weighted by atomic mass is 15.3. The summed E-state index contributed by atoms with van der Waals surface area (Å²) in [5.41, 5.74) is 0. The molecule has 0 saturated carbocycles. The fourth-order valence-corrected chi connectivity index (χ4v) is 3.31. The SMILES string of the molecule is CN(C)CCCNCCN1CCN2CCCCC2C1. The Morgan fingerprint density at radius 3 is 2.84 bits per heavy atom. The van der Waals surface area contributed by atoms with Gasteiger partial charge in [-0.15, -0.1) is 0 Å². The molecule has 1 unspecified atom stereocenters. The summed E-state index contributed by atoms with van der Waals surface area (Å²) in [6, 6.07) is 0.858. The van der Waals surface area contributed by atoms with Crippen molar-refractivity contribution in [2.24, 2.45) is 0 Å². The van der Waals surface area contributed by atoms with Crippen LogP contribution in [0.2, 0.25) is 0 Å². The van der Waals surface area contributed by atoms with Gasteiger partial charge in [0.15, 0.2) is 0 Å². The van der Waals surface area contributed by atoms with Gasteiger partial charge in [-0.2, -0.15) is 0 Å². The molecule has 2 heterocycles. The van der Waals surface area contributed by atoms with Crippen LogP contribution in [0, 0.1) is 0 Å². The fraction of sp³-hybridized carbons (Fsp3) is 1.00. The van der Waals surface area contributed by atoms with E-state index in [4.69, 9.17) is 0 Å². The third kappa shape index (κ3) is 5.38. The lowest BCUT2D eigenvalue weighted by atomic mass is 9.99. The van der Waals surface area contributed by atoms with Crippen molar-refractivity contribution in [2.45, 2.75) is 31.7 Å². The minimum absolute atomic E-state index is 0.858. The van der Waals surface area contributed by atoms with Crippen LogP contribution in [-0.2, 0) is 0 Å². The average Bonchev–Trinajstić information content (AvgIpc) is 2.42. The molecule has 4 nitrogen and oxygen atoms in total. The van der Waals surface area contributed by atoms with Crippen LogP contribution in [0.3, 0.4) is 0 Å². The van der Waals surface area contributed by atoms with E-state index in [1.54, 1.807) is 0 Å². The van der Waals surface area contributed by atoms with E-state index in [2.05, 4.69) is 34.1 Å². The zero-order valence-electron chi connectivity index (χ0n) is 12.9. The molecule has 1 N–H and O–H groups in total. The Morgan fingerprint density at radius 2 is 2.00 bits per heavy atom.